The van der Waals surface area contributed by atoms with E-state index in [1.54, 1.807) is 6.92 Å². The number of rotatable bonds is 13. The van der Waals surface area contributed by atoms with Crippen LogP contribution in [0.25, 0.3) is 0 Å². The van der Waals surface area contributed by atoms with E-state index in [0.29, 0.717) is 19.4 Å². The zero-order chi connectivity index (χ0) is 23.6. The van der Waals surface area contributed by atoms with Crippen LogP contribution in [0.5, 0.6) is 0 Å². The molecule has 0 spiro atoms. The maximum atomic E-state index is 12.8. The SMILES string of the molecule is CCC(C)C(NC(=O)C1CCCN1)C(=O)NC(CO)C(=O)NC(CCC(=O)O)C(=O)O. The summed E-state index contributed by atoms with van der Waals surface area (Å²) in [7, 11) is 0. The molecule has 7 N–H and O–H groups in total. The smallest absolute Gasteiger partial charge is 0.326 e. The van der Waals surface area contributed by atoms with Crippen LogP contribution in [-0.4, -0.2) is 82.3 Å². The highest BCUT2D eigenvalue weighted by molar-refractivity contribution is 5.94. The van der Waals surface area contributed by atoms with Gasteiger partial charge in [-0.1, -0.05) is 20.3 Å². The van der Waals surface area contributed by atoms with E-state index in [1.807, 2.05) is 6.92 Å². The Labute approximate surface area is 180 Å². The van der Waals surface area contributed by atoms with E-state index in [0.717, 1.165) is 6.42 Å². The van der Waals surface area contributed by atoms with Gasteiger partial charge in [-0.25, -0.2) is 4.79 Å². The summed E-state index contributed by atoms with van der Waals surface area (Å²) >= 11 is 0. The van der Waals surface area contributed by atoms with Crippen LogP contribution in [0.1, 0.15) is 46.0 Å². The lowest BCUT2D eigenvalue weighted by Crippen LogP contribution is -2.59. The van der Waals surface area contributed by atoms with Crippen molar-refractivity contribution in [3.63, 3.8) is 0 Å². The Balaban J connectivity index is 2.80. The number of aliphatic carboxylic acids is 2. The topological polar surface area (TPSA) is 194 Å². The van der Waals surface area contributed by atoms with E-state index in [9.17, 15) is 29.1 Å². The number of hydrogen-bond acceptors (Lipinski definition) is 7. The lowest BCUT2D eigenvalue weighted by Gasteiger charge is -2.27. The number of aliphatic hydroxyl groups is 1. The van der Waals surface area contributed by atoms with Crippen molar-refractivity contribution < 1.29 is 39.3 Å². The van der Waals surface area contributed by atoms with Crippen LogP contribution in [0.2, 0.25) is 0 Å². The Hall–Kier alpha value is -2.73. The van der Waals surface area contributed by atoms with Crippen LogP contribution < -0.4 is 21.3 Å². The molecule has 5 atom stereocenters. The summed E-state index contributed by atoms with van der Waals surface area (Å²) in [5.74, 6) is -4.92. The van der Waals surface area contributed by atoms with Gasteiger partial charge in [-0.3, -0.25) is 19.2 Å². The molecule has 1 fully saturated rings. The predicted octanol–water partition coefficient (Wildman–Crippen LogP) is -1.82. The summed E-state index contributed by atoms with van der Waals surface area (Å²) in [4.78, 5) is 59.5. The fraction of sp³-hybridized carbons (Fsp3) is 0.737. The van der Waals surface area contributed by atoms with Crippen LogP contribution in [-0.2, 0) is 24.0 Å². The predicted molar refractivity (Wildman–Crippen MR) is 108 cm³/mol. The first kappa shape index (κ1) is 26.3. The van der Waals surface area contributed by atoms with Crippen LogP contribution in [0.3, 0.4) is 0 Å². The lowest BCUT2D eigenvalue weighted by molar-refractivity contribution is -0.143. The van der Waals surface area contributed by atoms with E-state index < -0.39 is 60.9 Å². The van der Waals surface area contributed by atoms with Gasteiger partial charge in [-0.15, -0.1) is 0 Å². The van der Waals surface area contributed by atoms with Gasteiger partial charge in [0.25, 0.3) is 0 Å². The number of nitrogens with one attached hydrogen (secondary N) is 4. The van der Waals surface area contributed by atoms with Gasteiger partial charge in [0.1, 0.15) is 18.1 Å². The maximum Gasteiger partial charge on any atom is 0.326 e. The highest BCUT2D eigenvalue weighted by atomic mass is 16.4. The minimum atomic E-state index is -1.49. The highest BCUT2D eigenvalue weighted by Gasteiger charge is 2.33. The van der Waals surface area contributed by atoms with E-state index in [4.69, 9.17) is 10.2 Å². The molecule has 1 saturated heterocycles. The van der Waals surface area contributed by atoms with E-state index >= 15 is 0 Å². The standard InChI is InChI=1S/C19H32N4O8/c1-3-10(2)15(23-16(27)11-5-4-8-20-11)18(29)22-13(9-24)17(28)21-12(19(30)31)6-7-14(25)26/h10-13,15,20,24H,3-9H2,1-2H3,(H,21,28)(H,22,29)(H,23,27)(H,25,26)(H,30,31). The molecule has 0 bridgehead atoms. The van der Waals surface area contributed by atoms with Gasteiger partial charge in [0, 0.05) is 6.42 Å². The van der Waals surface area contributed by atoms with Gasteiger partial charge in [-0.05, 0) is 31.7 Å². The highest BCUT2D eigenvalue weighted by Crippen LogP contribution is 2.11. The third-order valence-corrected chi connectivity index (χ3v) is 5.25. The molecule has 0 aromatic heterocycles. The molecule has 1 aliphatic rings. The monoisotopic (exact) mass is 444 g/mol. The summed E-state index contributed by atoms with van der Waals surface area (Å²) in [5.41, 5.74) is 0. The van der Waals surface area contributed by atoms with Crippen molar-refractivity contribution >= 4 is 29.7 Å². The molecule has 0 aliphatic carbocycles. The first-order chi connectivity index (χ1) is 14.6. The van der Waals surface area contributed by atoms with Crippen molar-refractivity contribution in [2.45, 2.75) is 70.1 Å². The van der Waals surface area contributed by atoms with E-state index in [2.05, 4.69) is 21.3 Å². The number of hydrogen-bond donors (Lipinski definition) is 7. The Morgan fingerprint density at radius 2 is 1.68 bits per heavy atom. The van der Waals surface area contributed by atoms with E-state index in [-0.39, 0.29) is 18.2 Å². The minimum Gasteiger partial charge on any atom is -0.481 e. The summed E-state index contributed by atoms with van der Waals surface area (Å²) < 4.78 is 0. The molecule has 1 heterocycles. The zero-order valence-electron chi connectivity index (χ0n) is 17.7. The molecular formula is C19H32N4O8. The largest absolute Gasteiger partial charge is 0.481 e. The number of carbonyl (C=O) groups is 5. The molecule has 5 unspecified atom stereocenters. The molecule has 31 heavy (non-hydrogen) atoms. The van der Waals surface area contributed by atoms with Crippen molar-refractivity contribution in [3.8, 4) is 0 Å². The Morgan fingerprint density at radius 3 is 2.16 bits per heavy atom. The van der Waals surface area contributed by atoms with Gasteiger partial charge < -0.3 is 36.6 Å². The normalized spacial score (nSPS) is 19.5. The van der Waals surface area contributed by atoms with Gasteiger partial charge in [0.15, 0.2) is 0 Å². The molecule has 1 rings (SSSR count). The molecule has 3 amide bonds. The van der Waals surface area contributed by atoms with Crippen LogP contribution in [0, 0.1) is 5.92 Å². The average molecular weight is 444 g/mol. The fourth-order valence-electron chi connectivity index (χ4n) is 3.12. The molecule has 0 aromatic rings. The third-order valence-electron chi connectivity index (χ3n) is 5.25. The Kier molecular flexibility index (Phi) is 10.9. The van der Waals surface area contributed by atoms with Crippen molar-refractivity contribution in [1.82, 2.24) is 21.3 Å². The number of amides is 3. The van der Waals surface area contributed by atoms with Crippen molar-refractivity contribution in [2.75, 3.05) is 13.2 Å². The summed E-state index contributed by atoms with van der Waals surface area (Å²) in [6.45, 7) is 3.49. The number of carbonyl (C=O) groups excluding carboxylic acids is 3. The van der Waals surface area contributed by atoms with Crippen LogP contribution in [0.4, 0.5) is 0 Å². The first-order valence-electron chi connectivity index (χ1n) is 10.3. The summed E-state index contributed by atoms with van der Waals surface area (Å²) in [5, 5.41) is 37.6. The average Bonchev–Trinajstić information content (AvgIpc) is 3.26. The van der Waals surface area contributed by atoms with Crippen molar-refractivity contribution in [2.24, 2.45) is 5.92 Å². The molecule has 12 nitrogen and oxygen atoms in total. The molecule has 0 saturated carbocycles. The number of carboxylic acids is 2. The molecular weight excluding hydrogens is 412 g/mol. The lowest BCUT2D eigenvalue weighted by atomic mass is 9.97. The van der Waals surface area contributed by atoms with Crippen LogP contribution >= 0.6 is 0 Å². The van der Waals surface area contributed by atoms with Crippen molar-refractivity contribution in [1.29, 1.82) is 0 Å². The van der Waals surface area contributed by atoms with Gasteiger partial charge in [0.05, 0.1) is 12.6 Å². The zero-order valence-corrected chi connectivity index (χ0v) is 17.7. The van der Waals surface area contributed by atoms with Gasteiger partial charge in [0.2, 0.25) is 17.7 Å². The molecule has 1 aliphatic heterocycles. The molecule has 0 radical (unpaired) electrons. The summed E-state index contributed by atoms with van der Waals surface area (Å²) in [6.07, 6.45) is 1.21. The minimum absolute atomic E-state index is 0.268. The Bertz CT molecular complexity index is 665. The van der Waals surface area contributed by atoms with Gasteiger partial charge in [-0.2, -0.15) is 0 Å². The second-order valence-electron chi connectivity index (χ2n) is 7.60. The number of aliphatic hydroxyl groups excluding tert-OH is 1. The molecule has 12 heteroatoms. The first-order valence-corrected chi connectivity index (χ1v) is 10.3. The second kappa shape index (κ2) is 12.8. The molecule has 0 aromatic carbocycles. The Morgan fingerprint density at radius 1 is 1.03 bits per heavy atom. The maximum absolute atomic E-state index is 12.8. The van der Waals surface area contributed by atoms with Crippen molar-refractivity contribution in [3.05, 3.63) is 0 Å². The van der Waals surface area contributed by atoms with E-state index in [1.165, 1.54) is 0 Å². The quantitative estimate of drug-likeness (QED) is 0.171. The van der Waals surface area contributed by atoms with Crippen LogP contribution in [0.15, 0.2) is 0 Å². The molecule has 176 valence electrons. The van der Waals surface area contributed by atoms with Gasteiger partial charge >= 0.3 is 11.9 Å². The summed E-state index contributed by atoms with van der Waals surface area (Å²) in [6, 6.07) is -4.31. The fourth-order valence-corrected chi connectivity index (χ4v) is 3.12. The second-order valence-corrected chi connectivity index (χ2v) is 7.60. The third kappa shape index (κ3) is 8.50. The number of carboxylic acid groups (broad SMARTS) is 2.